The molecule has 2 aromatic rings. The normalized spacial score (nSPS) is 22.3. The molecule has 1 fully saturated rings. The maximum Gasteiger partial charge on any atom is 0.273 e. The van der Waals surface area contributed by atoms with Crippen molar-refractivity contribution in [1.29, 1.82) is 0 Å². The van der Waals surface area contributed by atoms with Gasteiger partial charge in [0, 0.05) is 19.3 Å². The fourth-order valence-corrected chi connectivity index (χ4v) is 3.27. The van der Waals surface area contributed by atoms with Crippen molar-refractivity contribution in [2.45, 2.75) is 57.2 Å². The molecular formula is C16H25N7O. The Kier molecular flexibility index (Phi) is 4.94. The third-order valence-corrected chi connectivity index (χ3v) is 4.79. The summed E-state index contributed by atoms with van der Waals surface area (Å²) in [6.45, 7) is 2.03. The van der Waals surface area contributed by atoms with E-state index in [4.69, 9.17) is 5.73 Å². The number of hydrogen-bond acceptors (Lipinski definition) is 5. The zero-order valence-electron chi connectivity index (χ0n) is 14.2. The molecule has 2 heterocycles. The lowest BCUT2D eigenvalue weighted by Gasteiger charge is -2.25. The van der Waals surface area contributed by atoms with Crippen LogP contribution in [0.4, 0.5) is 0 Å². The Morgan fingerprint density at radius 2 is 2.17 bits per heavy atom. The smallest absolute Gasteiger partial charge is 0.273 e. The summed E-state index contributed by atoms with van der Waals surface area (Å²) in [5.41, 5.74) is 7.26. The van der Waals surface area contributed by atoms with Gasteiger partial charge in [0.1, 0.15) is 0 Å². The van der Waals surface area contributed by atoms with Gasteiger partial charge in [-0.05, 0) is 38.2 Å². The average Bonchev–Trinajstić information content (AvgIpc) is 3.22. The molecule has 3 rings (SSSR count). The summed E-state index contributed by atoms with van der Waals surface area (Å²) in [6, 6.07) is 2.40. The lowest BCUT2D eigenvalue weighted by molar-refractivity contribution is 0.0928. The maximum atomic E-state index is 12.5. The van der Waals surface area contributed by atoms with Crippen LogP contribution >= 0.6 is 0 Å². The number of aryl methyl sites for hydroxylation is 1. The Morgan fingerprint density at radius 3 is 2.79 bits per heavy atom. The summed E-state index contributed by atoms with van der Waals surface area (Å²) >= 11 is 0. The van der Waals surface area contributed by atoms with E-state index in [9.17, 15) is 4.79 Å². The molecule has 1 aliphatic carbocycles. The van der Waals surface area contributed by atoms with Gasteiger partial charge < -0.3 is 11.1 Å². The van der Waals surface area contributed by atoms with Crippen molar-refractivity contribution in [2.24, 2.45) is 12.8 Å². The molecule has 1 saturated carbocycles. The number of aromatic nitrogens is 5. The van der Waals surface area contributed by atoms with Crippen molar-refractivity contribution < 1.29 is 4.79 Å². The molecule has 8 nitrogen and oxygen atoms in total. The number of rotatable bonds is 5. The quantitative estimate of drug-likeness (QED) is 0.860. The highest BCUT2D eigenvalue weighted by atomic mass is 16.2. The van der Waals surface area contributed by atoms with Gasteiger partial charge in [-0.3, -0.25) is 9.48 Å². The fourth-order valence-electron chi connectivity index (χ4n) is 3.27. The number of nitrogens with zero attached hydrogens (tertiary/aromatic N) is 5. The molecule has 0 aliphatic heterocycles. The largest absolute Gasteiger partial charge is 0.342 e. The number of nitrogens with two attached hydrogens (primary N) is 1. The first-order chi connectivity index (χ1) is 11.6. The minimum atomic E-state index is -0.207. The van der Waals surface area contributed by atoms with E-state index in [1.807, 2.05) is 24.7 Å². The highest BCUT2D eigenvalue weighted by molar-refractivity contribution is 5.92. The van der Waals surface area contributed by atoms with Crippen molar-refractivity contribution in [3.05, 3.63) is 29.8 Å². The van der Waals surface area contributed by atoms with Gasteiger partial charge in [-0.25, -0.2) is 4.68 Å². The predicted molar refractivity (Wildman–Crippen MR) is 89.2 cm³/mol. The molecule has 1 atom stereocenters. The molecule has 1 amide bonds. The van der Waals surface area contributed by atoms with Gasteiger partial charge in [-0.15, -0.1) is 5.10 Å². The molecule has 130 valence electrons. The molecule has 0 radical (unpaired) electrons. The Labute approximate surface area is 141 Å². The van der Waals surface area contributed by atoms with E-state index in [0.717, 1.165) is 37.8 Å². The third kappa shape index (κ3) is 3.48. The van der Waals surface area contributed by atoms with Crippen LogP contribution in [0.25, 0.3) is 0 Å². The number of carbonyl (C=O) groups is 1. The Balaban J connectivity index is 1.66. The van der Waals surface area contributed by atoms with E-state index in [1.54, 1.807) is 17.1 Å². The van der Waals surface area contributed by atoms with Gasteiger partial charge in [0.25, 0.3) is 5.91 Å². The van der Waals surface area contributed by atoms with Gasteiger partial charge >= 0.3 is 0 Å². The molecule has 8 heteroatoms. The summed E-state index contributed by atoms with van der Waals surface area (Å²) in [5.74, 6) is -0.207. The van der Waals surface area contributed by atoms with E-state index in [-0.39, 0.29) is 24.0 Å². The molecule has 0 spiro atoms. The molecule has 0 bridgehead atoms. The van der Waals surface area contributed by atoms with Crippen LogP contribution in [0, 0.1) is 0 Å². The number of carbonyl (C=O) groups excluding carboxylic acids is 1. The van der Waals surface area contributed by atoms with E-state index in [0.29, 0.717) is 5.69 Å². The molecule has 3 N–H and O–H groups in total. The molecule has 0 aromatic carbocycles. The summed E-state index contributed by atoms with van der Waals surface area (Å²) in [5, 5.41) is 15.4. The zero-order valence-corrected chi connectivity index (χ0v) is 14.2. The van der Waals surface area contributed by atoms with Crippen LogP contribution in [0.2, 0.25) is 0 Å². The topological polar surface area (TPSA) is 104 Å². The van der Waals surface area contributed by atoms with E-state index in [2.05, 4.69) is 20.7 Å². The minimum Gasteiger partial charge on any atom is -0.342 e. The minimum absolute atomic E-state index is 0.0946. The summed E-state index contributed by atoms with van der Waals surface area (Å²) in [6.07, 6.45) is 8.20. The van der Waals surface area contributed by atoms with E-state index >= 15 is 0 Å². The van der Waals surface area contributed by atoms with Gasteiger partial charge in [0.2, 0.25) is 0 Å². The van der Waals surface area contributed by atoms with Crippen LogP contribution < -0.4 is 11.1 Å². The van der Waals surface area contributed by atoms with Crippen LogP contribution in [0.15, 0.2) is 18.5 Å². The SMILES string of the molecule is CCC(NC(=O)c1cn(C2CCC(N)CC2)nn1)c1ccnn1C. The zero-order chi connectivity index (χ0) is 17.1. The van der Waals surface area contributed by atoms with Gasteiger partial charge in [0.05, 0.1) is 24.0 Å². The van der Waals surface area contributed by atoms with Crippen molar-refractivity contribution in [3.63, 3.8) is 0 Å². The van der Waals surface area contributed by atoms with Crippen LogP contribution in [-0.4, -0.2) is 36.7 Å². The van der Waals surface area contributed by atoms with Crippen molar-refractivity contribution in [2.75, 3.05) is 0 Å². The molecular weight excluding hydrogens is 306 g/mol. The van der Waals surface area contributed by atoms with E-state index in [1.165, 1.54) is 0 Å². The van der Waals surface area contributed by atoms with E-state index < -0.39 is 0 Å². The molecule has 1 aliphatic rings. The predicted octanol–water partition coefficient (Wildman–Crippen LogP) is 1.34. The van der Waals surface area contributed by atoms with Crippen LogP contribution in [0.1, 0.15) is 67.3 Å². The second-order valence-corrected chi connectivity index (χ2v) is 6.47. The molecule has 0 saturated heterocycles. The second kappa shape index (κ2) is 7.12. The first-order valence-electron chi connectivity index (χ1n) is 8.54. The Bertz CT molecular complexity index is 684. The van der Waals surface area contributed by atoms with Crippen molar-refractivity contribution >= 4 is 5.91 Å². The number of amides is 1. The van der Waals surface area contributed by atoms with Crippen molar-refractivity contribution in [3.8, 4) is 0 Å². The summed E-state index contributed by atoms with van der Waals surface area (Å²) < 4.78 is 3.59. The third-order valence-electron chi connectivity index (χ3n) is 4.79. The van der Waals surface area contributed by atoms with Crippen molar-refractivity contribution in [1.82, 2.24) is 30.1 Å². The van der Waals surface area contributed by atoms with Gasteiger partial charge in [0.15, 0.2) is 5.69 Å². The first kappa shape index (κ1) is 16.6. The second-order valence-electron chi connectivity index (χ2n) is 6.47. The molecule has 2 aromatic heterocycles. The highest BCUT2D eigenvalue weighted by Gasteiger charge is 2.23. The fraction of sp³-hybridized carbons (Fsp3) is 0.625. The lowest BCUT2D eigenvalue weighted by Crippen LogP contribution is -2.30. The maximum absolute atomic E-state index is 12.5. The Morgan fingerprint density at radius 1 is 1.42 bits per heavy atom. The monoisotopic (exact) mass is 331 g/mol. The standard InChI is InChI=1S/C16H25N7O/c1-3-13(15-8-9-18-22(15)2)19-16(24)14-10-23(21-20-14)12-6-4-11(17)5-7-12/h8-13H,3-7,17H2,1-2H3,(H,19,24). The molecule has 24 heavy (non-hydrogen) atoms. The number of hydrogen-bond donors (Lipinski definition) is 2. The van der Waals surface area contributed by atoms with Crippen LogP contribution in [-0.2, 0) is 7.05 Å². The lowest BCUT2D eigenvalue weighted by atomic mass is 9.92. The first-order valence-corrected chi connectivity index (χ1v) is 8.54. The Hall–Kier alpha value is -2.22. The highest BCUT2D eigenvalue weighted by Crippen LogP contribution is 2.26. The van der Waals surface area contributed by atoms with Crippen LogP contribution in [0.3, 0.4) is 0 Å². The number of nitrogens with one attached hydrogen (secondary N) is 1. The van der Waals surface area contributed by atoms with Crippen LogP contribution in [0.5, 0.6) is 0 Å². The average molecular weight is 331 g/mol. The summed E-state index contributed by atoms with van der Waals surface area (Å²) in [4.78, 5) is 12.5. The molecule has 1 unspecified atom stereocenters. The summed E-state index contributed by atoms with van der Waals surface area (Å²) in [7, 11) is 1.87. The van der Waals surface area contributed by atoms with Gasteiger partial charge in [-0.2, -0.15) is 5.10 Å². The van der Waals surface area contributed by atoms with Gasteiger partial charge in [-0.1, -0.05) is 12.1 Å².